The summed E-state index contributed by atoms with van der Waals surface area (Å²) >= 11 is 5.74. The average Bonchev–Trinajstić information content (AvgIpc) is 2.04. The monoisotopic (exact) mass is 170 g/mol. The Balaban J connectivity index is 2.52. The number of quaternary nitrogens is 1. The SMILES string of the molecule is C[NH2+]CCc1ccc(Cl)cc1. The lowest BCUT2D eigenvalue weighted by atomic mass is 10.1. The van der Waals surface area contributed by atoms with Gasteiger partial charge in [0, 0.05) is 11.4 Å². The summed E-state index contributed by atoms with van der Waals surface area (Å²) in [6.45, 7) is 1.14. The van der Waals surface area contributed by atoms with E-state index in [1.54, 1.807) is 0 Å². The molecule has 60 valence electrons. The van der Waals surface area contributed by atoms with Crippen LogP contribution in [0.1, 0.15) is 5.56 Å². The van der Waals surface area contributed by atoms with Crippen molar-refractivity contribution in [1.29, 1.82) is 0 Å². The number of hydrogen-bond acceptors (Lipinski definition) is 0. The zero-order valence-corrected chi connectivity index (χ0v) is 7.43. The summed E-state index contributed by atoms with van der Waals surface area (Å²) in [5.74, 6) is 0. The first-order valence-corrected chi connectivity index (χ1v) is 4.23. The third-order valence-corrected chi connectivity index (χ3v) is 1.89. The van der Waals surface area contributed by atoms with Crippen LogP contribution in [0, 0.1) is 0 Å². The highest BCUT2D eigenvalue weighted by Crippen LogP contribution is 2.08. The van der Waals surface area contributed by atoms with Gasteiger partial charge in [0.1, 0.15) is 0 Å². The van der Waals surface area contributed by atoms with Crippen LogP contribution in [0.4, 0.5) is 0 Å². The van der Waals surface area contributed by atoms with E-state index in [0.29, 0.717) is 0 Å². The van der Waals surface area contributed by atoms with Gasteiger partial charge in [-0.15, -0.1) is 0 Å². The molecule has 0 aliphatic heterocycles. The van der Waals surface area contributed by atoms with Gasteiger partial charge < -0.3 is 5.32 Å². The van der Waals surface area contributed by atoms with Crippen LogP contribution in [0.2, 0.25) is 5.02 Å². The summed E-state index contributed by atoms with van der Waals surface area (Å²) in [6, 6.07) is 8.02. The molecular formula is C9H13ClN+. The van der Waals surface area contributed by atoms with Gasteiger partial charge in [0.25, 0.3) is 0 Å². The molecule has 2 heteroatoms. The van der Waals surface area contributed by atoms with E-state index >= 15 is 0 Å². The molecule has 0 radical (unpaired) electrons. The maximum Gasteiger partial charge on any atom is 0.0794 e. The van der Waals surface area contributed by atoms with Crippen LogP contribution >= 0.6 is 11.6 Å². The normalized spacial score (nSPS) is 10.0. The van der Waals surface area contributed by atoms with Crippen LogP contribution < -0.4 is 5.32 Å². The molecule has 0 bridgehead atoms. The van der Waals surface area contributed by atoms with Crippen molar-refractivity contribution in [1.82, 2.24) is 0 Å². The van der Waals surface area contributed by atoms with Crippen molar-refractivity contribution in [2.24, 2.45) is 0 Å². The van der Waals surface area contributed by atoms with Gasteiger partial charge in [0.15, 0.2) is 0 Å². The van der Waals surface area contributed by atoms with E-state index < -0.39 is 0 Å². The molecule has 0 heterocycles. The van der Waals surface area contributed by atoms with E-state index in [9.17, 15) is 0 Å². The third-order valence-electron chi connectivity index (χ3n) is 1.63. The van der Waals surface area contributed by atoms with Crippen molar-refractivity contribution in [2.45, 2.75) is 6.42 Å². The van der Waals surface area contributed by atoms with Gasteiger partial charge in [0.2, 0.25) is 0 Å². The summed E-state index contributed by atoms with van der Waals surface area (Å²) < 4.78 is 0. The topological polar surface area (TPSA) is 16.6 Å². The molecule has 1 aromatic rings. The Bertz CT molecular complexity index is 205. The number of rotatable bonds is 3. The van der Waals surface area contributed by atoms with Crippen LogP contribution in [0.3, 0.4) is 0 Å². The summed E-state index contributed by atoms with van der Waals surface area (Å²) in [5.41, 5.74) is 1.35. The fourth-order valence-corrected chi connectivity index (χ4v) is 1.09. The molecule has 0 saturated carbocycles. The molecule has 0 spiro atoms. The summed E-state index contributed by atoms with van der Waals surface area (Å²) in [6.07, 6.45) is 1.12. The highest BCUT2D eigenvalue weighted by Gasteiger charge is 1.92. The van der Waals surface area contributed by atoms with Crippen LogP contribution in [0.25, 0.3) is 0 Å². The van der Waals surface area contributed by atoms with Gasteiger partial charge in [0.05, 0.1) is 13.6 Å². The highest BCUT2D eigenvalue weighted by atomic mass is 35.5. The Morgan fingerprint density at radius 2 is 1.91 bits per heavy atom. The Labute approximate surface area is 72.4 Å². The molecule has 11 heavy (non-hydrogen) atoms. The van der Waals surface area contributed by atoms with Crippen molar-refractivity contribution in [3.8, 4) is 0 Å². The van der Waals surface area contributed by atoms with E-state index in [-0.39, 0.29) is 0 Å². The summed E-state index contributed by atoms with van der Waals surface area (Å²) in [5, 5.41) is 2.99. The van der Waals surface area contributed by atoms with Gasteiger partial charge in [-0.05, 0) is 17.7 Å². The molecule has 1 rings (SSSR count). The van der Waals surface area contributed by atoms with Gasteiger partial charge in [-0.2, -0.15) is 0 Å². The Kier molecular flexibility index (Phi) is 3.40. The summed E-state index contributed by atoms with van der Waals surface area (Å²) in [4.78, 5) is 0. The molecular weight excluding hydrogens is 158 g/mol. The molecule has 0 atom stereocenters. The number of likely N-dealkylation sites (N-methyl/N-ethyl adjacent to an activating group) is 1. The molecule has 0 fully saturated rings. The molecule has 0 aliphatic carbocycles. The molecule has 0 unspecified atom stereocenters. The van der Waals surface area contributed by atoms with Crippen LogP contribution in [0.15, 0.2) is 24.3 Å². The zero-order valence-electron chi connectivity index (χ0n) is 6.68. The third kappa shape index (κ3) is 2.91. The van der Waals surface area contributed by atoms with Crippen LogP contribution in [-0.2, 0) is 6.42 Å². The van der Waals surface area contributed by atoms with Crippen molar-refractivity contribution in [3.05, 3.63) is 34.9 Å². The predicted octanol–water partition coefficient (Wildman–Crippen LogP) is 1.08. The second-order valence-corrected chi connectivity index (χ2v) is 3.01. The average molecular weight is 171 g/mol. The van der Waals surface area contributed by atoms with E-state index in [1.807, 2.05) is 12.1 Å². The maximum atomic E-state index is 5.74. The first-order chi connectivity index (χ1) is 5.33. The molecule has 0 aromatic heterocycles. The molecule has 1 nitrogen and oxygen atoms in total. The standard InChI is InChI=1S/C9H12ClN/c1-11-7-6-8-2-4-9(10)5-3-8/h2-5,11H,6-7H2,1H3/p+1. The Hall–Kier alpha value is -0.530. The Morgan fingerprint density at radius 3 is 2.45 bits per heavy atom. The predicted molar refractivity (Wildman–Crippen MR) is 47.9 cm³/mol. The zero-order chi connectivity index (χ0) is 8.10. The van der Waals surface area contributed by atoms with Crippen molar-refractivity contribution < 1.29 is 5.32 Å². The Morgan fingerprint density at radius 1 is 1.27 bits per heavy atom. The second-order valence-electron chi connectivity index (χ2n) is 2.57. The van der Waals surface area contributed by atoms with E-state index in [1.165, 1.54) is 5.56 Å². The maximum absolute atomic E-state index is 5.74. The lowest BCUT2D eigenvalue weighted by Gasteiger charge is -1.97. The lowest BCUT2D eigenvalue weighted by Crippen LogP contribution is -2.80. The van der Waals surface area contributed by atoms with E-state index in [4.69, 9.17) is 11.6 Å². The minimum absolute atomic E-state index is 0.814. The van der Waals surface area contributed by atoms with E-state index in [0.717, 1.165) is 18.0 Å². The smallest absolute Gasteiger partial charge is 0.0794 e. The van der Waals surface area contributed by atoms with Gasteiger partial charge in [-0.25, -0.2) is 0 Å². The first-order valence-electron chi connectivity index (χ1n) is 3.85. The minimum atomic E-state index is 0.814. The second kappa shape index (κ2) is 4.37. The van der Waals surface area contributed by atoms with E-state index in [2.05, 4.69) is 24.5 Å². The molecule has 0 saturated heterocycles. The molecule has 0 aliphatic rings. The lowest BCUT2D eigenvalue weighted by molar-refractivity contribution is -0.626. The fourth-order valence-electron chi connectivity index (χ4n) is 0.962. The van der Waals surface area contributed by atoms with Crippen molar-refractivity contribution >= 4 is 11.6 Å². The van der Waals surface area contributed by atoms with Crippen molar-refractivity contribution in [3.63, 3.8) is 0 Å². The van der Waals surface area contributed by atoms with Crippen molar-refractivity contribution in [2.75, 3.05) is 13.6 Å². The number of benzene rings is 1. The first kappa shape index (κ1) is 8.57. The highest BCUT2D eigenvalue weighted by molar-refractivity contribution is 6.30. The summed E-state index contributed by atoms with van der Waals surface area (Å²) in [7, 11) is 2.08. The molecule has 2 N–H and O–H groups in total. The van der Waals surface area contributed by atoms with Crippen LogP contribution in [-0.4, -0.2) is 13.6 Å². The molecule has 0 amide bonds. The number of hydrogen-bond donors (Lipinski definition) is 1. The fraction of sp³-hybridized carbons (Fsp3) is 0.333. The molecule has 1 aromatic carbocycles. The van der Waals surface area contributed by atoms with Gasteiger partial charge in [-0.3, -0.25) is 0 Å². The van der Waals surface area contributed by atoms with Gasteiger partial charge in [-0.1, -0.05) is 23.7 Å². The number of nitrogens with two attached hydrogens (primary N) is 1. The quantitative estimate of drug-likeness (QED) is 0.699. The van der Waals surface area contributed by atoms with Gasteiger partial charge >= 0.3 is 0 Å². The van der Waals surface area contributed by atoms with Crippen LogP contribution in [0.5, 0.6) is 0 Å². The number of halogens is 1. The minimum Gasteiger partial charge on any atom is -0.348 e. The largest absolute Gasteiger partial charge is 0.348 e.